The third-order valence-electron chi connectivity index (χ3n) is 3.26. The molecule has 1 aliphatic rings. The molecule has 1 atom stereocenters. The third kappa shape index (κ3) is 2.57. The first kappa shape index (κ1) is 11.5. The van der Waals surface area contributed by atoms with Crippen LogP contribution in [0.3, 0.4) is 0 Å². The number of hydrogen-bond acceptors (Lipinski definition) is 3. The number of piperidine rings is 1. The Balaban J connectivity index is 2.24. The van der Waals surface area contributed by atoms with Crippen LogP contribution in [-0.4, -0.2) is 12.6 Å². The first-order valence-corrected chi connectivity index (χ1v) is 5.99. The van der Waals surface area contributed by atoms with Crippen LogP contribution in [0.15, 0.2) is 24.3 Å². The average Bonchev–Trinajstić information content (AvgIpc) is 2.40. The van der Waals surface area contributed by atoms with E-state index >= 15 is 0 Å². The Bertz CT molecular complexity index is 467. The van der Waals surface area contributed by atoms with Gasteiger partial charge in [-0.05, 0) is 37.5 Å². The number of anilines is 1. The molecule has 86 valence electrons. The van der Waals surface area contributed by atoms with Crippen LogP contribution in [0.5, 0.6) is 0 Å². The molecule has 0 N–H and O–H groups in total. The number of benzene rings is 1. The van der Waals surface area contributed by atoms with Gasteiger partial charge in [-0.2, -0.15) is 10.5 Å². The molecule has 1 saturated heterocycles. The van der Waals surface area contributed by atoms with Gasteiger partial charge in [-0.1, -0.05) is 6.07 Å². The predicted molar refractivity (Wildman–Crippen MR) is 66.4 cm³/mol. The lowest BCUT2D eigenvalue weighted by Gasteiger charge is -2.36. The van der Waals surface area contributed by atoms with Gasteiger partial charge in [0.25, 0.3) is 0 Å². The molecule has 1 aliphatic heterocycles. The van der Waals surface area contributed by atoms with Crippen LogP contribution in [0.25, 0.3) is 0 Å². The molecule has 0 radical (unpaired) electrons. The van der Waals surface area contributed by atoms with E-state index in [1.54, 1.807) is 0 Å². The van der Waals surface area contributed by atoms with Crippen molar-refractivity contribution in [2.75, 3.05) is 11.4 Å². The smallest absolute Gasteiger partial charge is 0.0992 e. The van der Waals surface area contributed by atoms with Crippen LogP contribution in [-0.2, 0) is 0 Å². The monoisotopic (exact) mass is 225 g/mol. The summed E-state index contributed by atoms with van der Waals surface area (Å²) in [6.07, 6.45) is 4.00. The van der Waals surface area contributed by atoms with Crippen LogP contribution >= 0.6 is 0 Å². The SMILES string of the molecule is N#CCC1CCCCN1c1cccc(C#N)c1. The lowest BCUT2D eigenvalue weighted by molar-refractivity contribution is 0.464. The third-order valence-corrected chi connectivity index (χ3v) is 3.26. The van der Waals surface area contributed by atoms with Crippen LogP contribution in [0.1, 0.15) is 31.2 Å². The minimum Gasteiger partial charge on any atom is -0.367 e. The molecule has 0 aliphatic carbocycles. The van der Waals surface area contributed by atoms with Crippen molar-refractivity contribution in [3.8, 4) is 12.1 Å². The summed E-state index contributed by atoms with van der Waals surface area (Å²) >= 11 is 0. The van der Waals surface area contributed by atoms with E-state index in [0.717, 1.165) is 18.7 Å². The van der Waals surface area contributed by atoms with E-state index in [1.165, 1.54) is 12.8 Å². The van der Waals surface area contributed by atoms with E-state index in [1.807, 2.05) is 24.3 Å². The summed E-state index contributed by atoms with van der Waals surface area (Å²) in [6.45, 7) is 0.987. The Morgan fingerprint density at radius 1 is 1.29 bits per heavy atom. The van der Waals surface area contributed by atoms with E-state index in [4.69, 9.17) is 10.5 Å². The highest BCUT2D eigenvalue weighted by Crippen LogP contribution is 2.26. The molecule has 0 amide bonds. The Hall–Kier alpha value is -2.00. The molecular weight excluding hydrogens is 210 g/mol. The van der Waals surface area contributed by atoms with Crippen molar-refractivity contribution in [3.05, 3.63) is 29.8 Å². The Kier molecular flexibility index (Phi) is 3.62. The molecular formula is C14H15N3. The zero-order valence-corrected chi connectivity index (χ0v) is 9.76. The van der Waals surface area contributed by atoms with Gasteiger partial charge in [0.05, 0.1) is 24.1 Å². The molecule has 0 saturated carbocycles. The Morgan fingerprint density at radius 3 is 2.94 bits per heavy atom. The maximum Gasteiger partial charge on any atom is 0.0992 e. The molecule has 0 aromatic heterocycles. The molecule has 0 bridgehead atoms. The lowest BCUT2D eigenvalue weighted by Crippen LogP contribution is -2.39. The first-order chi connectivity index (χ1) is 8.35. The van der Waals surface area contributed by atoms with Crippen molar-refractivity contribution in [2.24, 2.45) is 0 Å². The van der Waals surface area contributed by atoms with Crippen molar-refractivity contribution in [2.45, 2.75) is 31.7 Å². The van der Waals surface area contributed by atoms with Crippen molar-refractivity contribution >= 4 is 5.69 Å². The summed E-state index contributed by atoms with van der Waals surface area (Å²) < 4.78 is 0. The van der Waals surface area contributed by atoms with Gasteiger partial charge in [0, 0.05) is 18.3 Å². The number of rotatable bonds is 2. The standard InChI is InChI=1S/C14H15N3/c15-8-7-13-5-1-2-9-17(13)14-6-3-4-12(10-14)11-16/h3-4,6,10,13H,1-2,5,7,9H2. The molecule has 1 fully saturated rings. The summed E-state index contributed by atoms with van der Waals surface area (Å²) in [5.41, 5.74) is 1.76. The van der Waals surface area contributed by atoms with Gasteiger partial charge in [-0.25, -0.2) is 0 Å². The summed E-state index contributed by atoms with van der Waals surface area (Å²) in [4.78, 5) is 2.27. The molecule has 1 aromatic rings. The minimum atomic E-state index is 0.308. The summed E-state index contributed by atoms with van der Waals surface area (Å²) in [7, 11) is 0. The topological polar surface area (TPSA) is 50.8 Å². The van der Waals surface area contributed by atoms with Gasteiger partial charge in [0.2, 0.25) is 0 Å². The maximum absolute atomic E-state index is 8.91. The minimum absolute atomic E-state index is 0.308. The number of nitriles is 2. The maximum atomic E-state index is 8.91. The Labute approximate surface area is 102 Å². The van der Waals surface area contributed by atoms with E-state index in [-0.39, 0.29) is 0 Å². The molecule has 17 heavy (non-hydrogen) atoms. The number of nitrogens with zero attached hydrogens (tertiary/aromatic N) is 3. The second kappa shape index (κ2) is 5.37. The highest BCUT2D eigenvalue weighted by atomic mass is 15.2. The first-order valence-electron chi connectivity index (χ1n) is 5.99. The lowest BCUT2D eigenvalue weighted by atomic mass is 9.98. The van der Waals surface area contributed by atoms with E-state index in [9.17, 15) is 0 Å². The van der Waals surface area contributed by atoms with Crippen molar-refractivity contribution in [3.63, 3.8) is 0 Å². The van der Waals surface area contributed by atoms with E-state index in [2.05, 4.69) is 17.0 Å². The summed E-state index contributed by atoms with van der Waals surface area (Å²) in [6, 6.07) is 12.4. The summed E-state index contributed by atoms with van der Waals surface area (Å²) in [5, 5.41) is 17.8. The fourth-order valence-corrected chi connectivity index (χ4v) is 2.41. The molecule has 1 unspecified atom stereocenters. The van der Waals surface area contributed by atoms with Crippen LogP contribution in [0.2, 0.25) is 0 Å². The molecule has 0 spiro atoms. The molecule has 2 rings (SSSR count). The average molecular weight is 225 g/mol. The van der Waals surface area contributed by atoms with Crippen LogP contribution in [0.4, 0.5) is 5.69 Å². The van der Waals surface area contributed by atoms with Gasteiger partial charge in [0.15, 0.2) is 0 Å². The quantitative estimate of drug-likeness (QED) is 0.777. The molecule has 1 heterocycles. The van der Waals surface area contributed by atoms with Crippen molar-refractivity contribution in [1.29, 1.82) is 10.5 Å². The second-order valence-corrected chi connectivity index (χ2v) is 4.37. The zero-order valence-electron chi connectivity index (χ0n) is 9.76. The van der Waals surface area contributed by atoms with Gasteiger partial charge < -0.3 is 4.90 Å². The zero-order chi connectivity index (χ0) is 12.1. The van der Waals surface area contributed by atoms with Gasteiger partial charge in [-0.3, -0.25) is 0 Å². The van der Waals surface area contributed by atoms with Crippen molar-refractivity contribution in [1.82, 2.24) is 0 Å². The normalized spacial score (nSPS) is 19.4. The van der Waals surface area contributed by atoms with Gasteiger partial charge in [-0.15, -0.1) is 0 Å². The fourth-order valence-electron chi connectivity index (χ4n) is 2.41. The molecule has 1 aromatic carbocycles. The summed E-state index contributed by atoms with van der Waals surface area (Å²) in [5.74, 6) is 0. The van der Waals surface area contributed by atoms with Crippen LogP contribution in [0, 0.1) is 22.7 Å². The predicted octanol–water partition coefficient (Wildman–Crippen LogP) is 2.83. The van der Waals surface area contributed by atoms with E-state index < -0.39 is 0 Å². The fraction of sp³-hybridized carbons (Fsp3) is 0.429. The van der Waals surface area contributed by atoms with Gasteiger partial charge >= 0.3 is 0 Å². The van der Waals surface area contributed by atoms with Gasteiger partial charge in [0.1, 0.15) is 0 Å². The number of hydrogen-bond donors (Lipinski definition) is 0. The Morgan fingerprint density at radius 2 is 2.18 bits per heavy atom. The second-order valence-electron chi connectivity index (χ2n) is 4.37. The van der Waals surface area contributed by atoms with Crippen LogP contribution < -0.4 is 4.90 Å². The highest BCUT2D eigenvalue weighted by molar-refractivity contribution is 5.52. The largest absolute Gasteiger partial charge is 0.367 e. The van der Waals surface area contributed by atoms with E-state index in [0.29, 0.717) is 18.0 Å². The molecule has 3 heteroatoms. The highest BCUT2D eigenvalue weighted by Gasteiger charge is 2.22. The van der Waals surface area contributed by atoms with Crippen molar-refractivity contribution < 1.29 is 0 Å². The molecule has 3 nitrogen and oxygen atoms in total.